The molecule has 1 unspecified atom stereocenters. The fourth-order valence-corrected chi connectivity index (χ4v) is 8.02. The Balaban J connectivity index is 0.000000705. The van der Waals surface area contributed by atoms with Crippen LogP contribution in [0.4, 0.5) is 23.7 Å². The van der Waals surface area contributed by atoms with E-state index in [1.807, 2.05) is 0 Å². The van der Waals surface area contributed by atoms with Crippen LogP contribution in [0.1, 0.15) is 36.5 Å². The number of aliphatic carboxylic acids is 1. The number of halogens is 3. The minimum absolute atomic E-state index is 0.0337. The predicted molar refractivity (Wildman–Crippen MR) is 180 cm³/mol. The molecule has 2 saturated heterocycles. The fraction of sp³-hybridized carbons (Fsp3) is 0.382. The van der Waals surface area contributed by atoms with E-state index >= 15 is 4.79 Å². The van der Waals surface area contributed by atoms with Gasteiger partial charge >= 0.3 is 18.2 Å². The summed E-state index contributed by atoms with van der Waals surface area (Å²) in [6, 6.07) is 13.0. The smallest absolute Gasteiger partial charge is 0.490 e. The highest BCUT2D eigenvalue weighted by Gasteiger charge is 2.59. The quantitative estimate of drug-likeness (QED) is 0.303. The number of alkyl halides is 3. The van der Waals surface area contributed by atoms with E-state index in [1.165, 1.54) is 56.8 Å². The normalized spacial score (nSPS) is 18.8. The number of aromatic nitrogens is 1. The lowest BCUT2D eigenvalue weighted by molar-refractivity contribution is -0.192. The molecule has 4 heterocycles. The van der Waals surface area contributed by atoms with Crippen LogP contribution in [0.15, 0.2) is 59.6 Å². The molecule has 3 amide bonds. The van der Waals surface area contributed by atoms with Crippen molar-refractivity contribution in [2.45, 2.75) is 36.4 Å². The first kappa shape index (κ1) is 38.6. The molecular weight excluding hydrogens is 725 g/mol. The number of sulfonamides is 1. The Bertz CT molecular complexity index is 2060. The van der Waals surface area contributed by atoms with Gasteiger partial charge in [-0.15, -0.1) is 0 Å². The molecule has 282 valence electrons. The molecule has 1 aromatic heterocycles. The Kier molecular flexibility index (Phi) is 10.8. The number of fused-ring (bicyclic) bond motifs is 1. The number of hydrogen-bond donors (Lipinski definition) is 3. The van der Waals surface area contributed by atoms with E-state index in [1.54, 1.807) is 24.0 Å². The first-order valence-corrected chi connectivity index (χ1v) is 17.5. The van der Waals surface area contributed by atoms with Crippen LogP contribution in [0.25, 0.3) is 0 Å². The summed E-state index contributed by atoms with van der Waals surface area (Å²) in [7, 11) is -1.94. The van der Waals surface area contributed by atoms with Crippen LogP contribution in [0.5, 0.6) is 17.4 Å². The average Bonchev–Trinajstić information content (AvgIpc) is 3.38. The van der Waals surface area contributed by atoms with Gasteiger partial charge in [0.2, 0.25) is 5.88 Å². The van der Waals surface area contributed by atoms with Gasteiger partial charge in [0.15, 0.2) is 5.54 Å². The molecule has 19 heteroatoms. The fourth-order valence-electron chi connectivity index (χ4n) is 6.42. The van der Waals surface area contributed by atoms with Crippen molar-refractivity contribution >= 4 is 33.6 Å². The first-order valence-electron chi connectivity index (χ1n) is 16.1. The van der Waals surface area contributed by atoms with Gasteiger partial charge in [0.05, 0.1) is 43.7 Å². The van der Waals surface area contributed by atoms with E-state index in [4.69, 9.17) is 24.1 Å². The summed E-state index contributed by atoms with van der Waals surface area (Å²) in [5.41, 5.74) is -1.64. The number of carboxylic acid groups (broad SMARTS) is 1. The van der Waals surface area contributed by atoms with Crippen molar-refractivity contribution in [1.82, 2.24) is 20.5 Å². The van der Waals surface area contributed by atoms with Crippen LogP contribution in [0, 0.1) is 16.7 Å². The van der Waals surface area contributed by atoms with Gasteiger partial charge in [-0.1, -0.05) is 0 Å². The van der Waals surface area contributed by atoms with Crippen molar-refractivity contribution in [3.8, 4) is 23.4 Å². The number of methoxy groups -OCH3 is 2. The Morgan fingerprint density at radius 3 is 2.30 bits per heavy atom. The molecule has 2 fully saturated rings. The molecule has 53 heavy (non-hydrogen) atoms. The number of benzene rings is 2. The number of anilines is 1. The summed E-state index contributed by atoms with van der Waals surface area (Å²) in [6.07, 6.45) is -2.03. The van der Waals surface area contributed by atoms with Crippen LogP contribution in [-0.4, -0.2) is 94.5 Å². The van der Waals surface area contributed by atoms with Crippen LogP contribution in [0.3, 0.4) is 0 Å². The number of ether oxygens (including phenoxy) is 3. The molecule has 3 aliphatic rings. The Morgan fingerprint density at radius 1 is 1.08 bits per heavy atom. The number of nitrogens with zero attached hydrogens (tertiary/aromatic N) is 4. The van der Waals surface area contributed by atoms with Gasteiger partial charge in [-0.3, -0.25) is 4.79 Å². The Hall–Kier alpha value is -5.61. The van der Waals surface area contributed by atoms with E-state index in [0.717, 1.165) is 25.9 Å². The van der Waals surface area contributed by atoms with E-state index in [9.17, 15) is 31.6 Å². The molecule has 3 aromatic rings. The van der Waals surface area contributed by atoms with Crippen molar-refractivity contribution in [3.63, 3.8) is 0 Å². The second-order valence-electron chi connectivity index (χ2n) is 12.3. The number of amides is 3. The zero-order valence-corrected chi connectivity index (χ0v) is 29.5. The third kappa shape index (κ3) is 7.11. The van der Waals surface area contributed by atoms with Crippen molar-refractivity contribution < 1.29 is 55.3 Å². The summed E-state index contributed by atoms with van der Waals surface area (Å²) in [5, 5.41) is 23.2. The van der Waals surface area contributed by atoms with E-state index in [-0.39, 0.29) is 50.9 Å². The Morgan fingerprint density at radius 2 is 1.75 bits per heavy atom. The zero-order valence-electron chi connectivity index (χ0n) is 28.7. The monoisotopic (exact) mass is 760 g/mol. The lowest BCUT2D eigenvalue weighted by Gasteiger charge is -2.48. The molecule has 1 atom stereocenters. The van der Waals surface area contributed by atoms with Crippen molar-refractivity contribution in [2.24, 2.45) is 5.41 Å². The maximum absolute atomic E-state index is 15.0. The minimum Gasteiger partial charge on any atom is -0.497 e. The van der Waals surface area contributed by atoms with Gasteiger partial charge in [0.1, 0.15) is 16.4 Å². The van der Waals surface area contributed by atoms with Crippen LogP contribution in [0.2, 0.25) is 0 Å². The minimum atomic E-state index is -5.08. The lowest BCUT2D eigenvalue weighted by Crippen LogP contribution is -2.62. The molecule has 6 rings (SSSR count). The second kappa shape index (κ2) is 14.8. The predicted octanol–water partition coefficient (Wildman–Crippen LogP) is 3.38. The molecule has 3 N–H and O–H groups in total. The summed E-state index contributed by atoms with van der Waals surface area (Å²) < 4.78 is 77.9. The zero-order chi connectivity index (χ0) is 38.8. The molecular formula is C34H35F3N6O9S. The summed E-state index contributed by atoms with van der Waals surface area (Å²) >= 11 is 0. The van der Waals surface area contributed by atoms with E-state index in [2.05, 4.69) is 21.7 Å². The molecule has 0 radical (unpaired) electrons. The number of likely N-dealkylation sites (tertiary alicyclic amines) is 1. The number of carbonyl (C=O) groups is 3. The largest absolute Gasteiger partial charge is 0.497 e. The molecule has 0 bridgehead atoms. The lowest BCUT2D eigenvalue weighted by atomic mass is 9.73. The second-order valence-corrected chi connectivity index (χ2v) is 14.1. The summed E-state index contributed by atoms with van der Waals surface area (Å²) in [4.78, 5) is 43.8. The van der Waals surface area contributed by atoms with E-state index in [0.29, 0.717) is 23.1 Å². The molecule has 0 saturated carbocycles. The van der Waals surface area contributed by atoms with Gasteiger partial charge in [-0.2, -0.15) is 22.7 Å². The number of nitriles is 1. The van der Waals surface area contributed by atoms with Gasteiger partial charge in [0.25, 0.3) is 15.9 Å². The molecule has 0 aliphatic carbocycles. The number of piperidine rings is 1. The van der Waals surface area contributed by atoms with Gasteiger partial charge in [0, 0.05) is 44.0 Å². The van der Waals surface area contributed by atoms with Crippen molar-refractivity contribution in [2.75, 3.05) is 51.3 Å². The van der Waals surface area contributed by atoms with Gasteiger partial charge < -0.3 is 34.9 Å². The number of urea groups is 1. The first-order chi connectivity index (χ1) is 25.1. The highest BCUT2D eigenvalue weighted by atomic mass is 32.2. The Labute approximate surface area is 302 Å². The van der Waals surface area contributed by atoms with Crippen LogP contribution >= 0.6 is 0 Å². The third-order valence-electron chi connectivity index (χ3n) is 9.25. The highest BCUT2D eigenvalue weighted by molar-refractivity contribution is 7.93. The average molecular weight is 761 g/mol. The van der Waals surface area contributed by atoms with Crippen LogP contribution < -0.4 is 29.1 Å². The number of hydrogen-bond acceptors (Lipinski definition) is 11. The molecule has 1 spiro atoms. The molecule has 2 aromatic carbocycles. The van der Waals surface area contributed by atoms with Crippen molar-refractivity contribution in [1.29, 1.82) is 5.26 Å². The van der Waals surface area contributed by atoms with Crippen LogP contribution in [-0.2, 0) is 25.2 Å². The SMILES string of the molecule is CCOc1ncccc1C1(NC(=O)N2CCC3(CC2)CNC3)C(=O)N(S(=O)(=O)c2ccc(OC)cc2OC)c2ccc(C#N)cc21.O=C(O)C(F)(F)F. The molecule has 3 aliphatic heterocycles. The number of carbonyl (C=O) groups excluding carboxylic acids is 2. The maximum Gasteiger partial charge on any atom is 0.490 e. The van der Waals surface area contributed by atoms with E-state index < -0.39 is 39.6 Å². The topological polar surface area (TPSA) is 200 Å². The number of pyridine rings is 1. The highest BCUT2D eigenvalue weighted by Crippen LogP contribution is 2.50. The standard InChI is InChI=1S/C32H34N6O7S.C2HF3O2/c1-4-45-28-23(6-5-13-35-28)32(36-30(40)37-14-11-31(12-15-37)19-34-20-31)24-16-21(18-33)7-9-25(24)38(29(32)39)46(41,42)27-10-8-22(43-2)17-26(27)44-3;3-2(4,5)1(6)7/h5-10,13,16-17,34H,4,11-12,14-15,19-20H2,1-3H3,(H,36,40);(H,6,7). The van der Waals surface area contributed by atoms with Gasteiger partial charge in [-0.25, -0.2) is 23.0 Å². The summed E-state index contributed by atoms with van der Waals surface area (Å²) in [5.74, 6) is -3.41. The summed E-state index contributed by atoms with van der Waals surface area (Å²) in [6.45, 7) is 4.63. The van der Waals surface area contributed by atoms with Crippen molar-refractivity contribution in [3.05, 3.63) is 71.4 Å². The van der Waals surface area contributed by atoms with Gasteiger partial charge in [-0.05, 0) is 67.6 Å². The third-order valence-corrected chi connectivity index (χ3v) is 11.0. The number of rotatable bonds is 8. The number of nitrogens with one attached hydrogen (secondary N) is 2. The number of carboxylic acids is 1. The molecule has 15 nitrogen and oxygen atoms in total. The maximum atomic E-state index is 15.0.